The summed E-state index contributed by atoms with van der Waals surface area (Å²) in [5.41, 5.74) is 6.63. The van der Waals surface area contributed by atoms with Gasteiger partial charge < -0.3 is 43.6 Å². The summed E-state index contributed by atoms with van der Waals surface area (Å²) in [6.07, 6.45) is 16.0. The second-order valence-electron chi connectivity index (χ2n) is 16.8. The molecule has 3 aliphatic heterocycles. The predicted octanol–water partition coefficient (Wildman–Crippen LogP) is 7.36. The molecule has 0 bridgehead atoms. The highest BCUT2D eigenvalue weighted by Crippen LogP contribution is 2.76. The van der Waals surface area contributed by atoms with Crippen LogP contribution < -0.4 is 15.5 Å². The molecule has 0 aliphatic carbocycles. The third kappa shape index (κ3) is 14.7. The van der Waals surface area contributed by atoms with E-state index in [4.69, 9.17) is 29.2 Å². The van der Waals surface area contributed by atoms with Gasteiger partial charge in [-0.25, -0.2) is 28.1 Å². The highest BCUT2D eigenvalue weighted by molar-refractivity contribution is 7.98. The maximum absolute atomic E-state index is 12.6. The summed E-state index contributed by atoms with van der Waals surface area (Å²) in [6, 6.07) is 0. The lowest BCUT2D eigenvalue weighted by Gasteiger charge is -2.48. The molecular formula is C39H74N7O12P3S. The molecule has 3 aliphatic rings. The van der Waals surface area contributed by atoms with Crippen LogP contribution in [0.1, 0.15) is 125 Å². The Morgan fingerprint density at radius 1 is 0.774 bits per heavy atom. The molecule has 0 radical (unpaired) electrons. The normalized spacial score (nSPS) is 28.9. The summed E-state index contributed by atoms with van der Waals surface area (Å²) in [5.74, 6) is -1.29. The monoisotopic (exact) mass is 957 g/mol. The molecule has 2 aromatic heterocycles. The van der Waals surface area contributed by atoms with Crippen molar-refractivity contribution < 1.29 is 64.5 Å². The molecule has 358 valence electrons. The number of nitrogens with two attached hydrogens (primary N) is 1. The number of aromatic nitrogens is 4. The second-order valence-corrected chi connectivity index (χ2v) is 23.6. The molecule has 2 N–H and O–H groups in total. The number of thioether (sulfide) groups is 1. The van der Waals surface area contributed by atoms with E-state index >= 15 is 0 Å². The van der Waals surface area contributed by atoms with Gasteiger partial charge >= 0.3 is 7.82 Å². The van der Waals surface area contributed by atoms with Crippen LogP contribution in [0.3, 0.4) is 0 Å². The highest BCUT2D eigenvalue weighted by atomic mass is 32.2. The third-order valence-electron chi connectivity index (χ3n) is 11.6. The van der Waals surface area contributed by atoms with Gasteiger partial charge in [0.2, 0.25) is 6.67 Å². The van der Waals surface area contributed by atoms with Crippen LogP contribution in [0.5, 0.6) is 0 Å². The Morgan fingerprint density at radius 2 is 1.24 bits per heavy atom. The van der Waals surface area contributed by atoms with Crippen LogP contribution in [0.25, 0.3) is 11.2 Å². The molecule has 5 rings (SSSR count). The topological polar surface area (TPSA) is 232 Å². The third-order valence-corrected chi connectivity index (χ3v) is 19.0. The van der Waals surface area contributed by atoms with Gasteiger partial charge in [-0.15, -0.1) is 0 Å². The van der Waals surface area contributed by atoms with Crippen LogP contribution in [0.4, 0.5) is 5.82 Å². The van der Waals surface area contributed by atoms with Crippen LogP contribution in [0.2, 0.25) is 0 Å². The number of hydrogen-bond acceptors (Lipinski definition) is 17. The number of nitrogens with zero attached hydrogens (tertiary/aromatic N) is 6. The summed E-state index contributed by atoms with van der Waals surface area (Å²) in [6.45, 7) is 22.5. The Labute approximate surface area is 373 Å². The average Bonchev–Trinajstić information content (AvgIpc) is 3.94. The first-order valence-electron chi connectivity index (χ1n) is 22.5. The van der Waals surface area contributed by atoms with Crippen LogP contribution in [-0.2, 0) is 45.8 Å². The fourth-order valence-corrected chi connectivity index (χ4v) is 15.4. The molecule has 0 spiro atoms. The van der Waals surface area contributed by atoms with E-state index in [0.29, 0.717) is 16.3 Å². The van der Waals surface area contributed by atoms with Crippen molar-refractivity contribution in [1.29, 1.82) is 0 Å². The maximum Gasteiger partial charge on any atom is 0.484 e. The van der Waals surface area contributed by atoms with Crippen molar-refractivity contribution >= 4 is 51.8 Å². The standard InChI is InChI=1S/C25H56N2.C14H20N5O12P3S/c1-7-13-19-26(20-14-8-2,21-15-9-3)25-27(22-16-10-4,23-17-11-5)24-18-12-6;1-25-14-28-8-6(3-26-34(24)30-32(20,21)5-33(22,23)31-34)27-12(9(8)29-14)19-4-16-7-10(15)17-13(35-2)18-11(7)19/h7-25H2,1-6H3;4,6,8-9,12,14H,3,5H2,1-2H3,(H,20,21)(H,22,23)(H2,15,17,18)/q+2;/p-2/t;6-,8-,9-,12-,14?/m.1/s1. The minimum atomic E-state index is -5.02. The largest absolute Gasteiger partial charge is 0.778 e. The Bertz CT molecular complexity index is 1730. The Balaban J connectivity index is 0.000000284. The molecule has 62 heavy (non-hydrogen) atoms. The summed E-state index contributed by atoms with van der Waals surface area (Å²) in [4.78, 5) is 36.2. The van der Waals surface area contributed by atoms with Gasteiger partial charge in [-0.1, -0.05) is 91.8 Å². The van der Waals surface area contributed by atoms with Crippen molar-refractivity contribution in [3.63, 3.8) is 0 Å². The molecule has 2 aromatic rings. The van der Waals surface area contributed by atoms with Gasteiger partial charge in [0.25, 0.3) is 6.48 Å². The number of fused-ring (bicyclic) bond motifs is 2. The maximum atomic E-state index is 12.6. The van der Waals surface area contributed by atoms with Gasteiger partial charge in [0.1, 0.15) is 23.8 Å². The number of ether oxygens (including phenoxy) is 4. The zero-order valence-electron chi connectivity index (χ0n) is 38.2. The number of methoxy groups -OCH3 is 1. The number of anilines is 1. The van der Waals surface area contributed by atoms with Crippen molar-refractivity contribution in [2.24, 2.45) is 0 Å². The fraction of sp³-hybridized carbons (Fsp3) is 0.872. The SMILES string of the molecule is CCCC[N+](CCCC)(CCCC)C[N+](CCCC)(CCCC)CCCC.COC1O[C@@H]2[C@H](O1)[C@@H](COP1(=O)OP(=O)([O-])CP(=O)([O-])O1)O[C@H]2n1cnc2c(N)nc(SC)nc21. The van der Waals surface area contributed by atoms with E-state index in [1.54, 1.807) is 6.26 Å². The van der Waals surface area contributed by atoms with Gasteiger partial charge in [-0.05, 0) is 44.8 Å². The number of hydrogen-bond donors (Lipinski definition) is 1. The molecule has 19 nitrogen and oxygen atoms in total. The minimum Gasteiger partial charge on any atom is -0.778 e. The van der Waals surface area contributed by atoms with Crippen molar-refractivity contribution in [2.75, 3.05) is 77.5 Å². The number of rotatable bonds is 26. The Kier molecular flexibility index (Phi) is 21.3. The number of phosphoric acid groups is 1. The molecule has 3 unspecified atom stereocenters. The molecule has 0 amide bonds. The molecule has 23 heteroatoms. The minimum absolute atomic E-state index is 0.152. The van der Waals surface area contributed by atoms with Crippen LogP contribution in [0.15, 0.2) is 11.5 Å². The lowest BCUT2D eigenvalue weighted by atomic mass is 10.1. The van der Waals surface area contributed by atoms with Gasteiger partial charge in [-0.3, -0.25) is 18.1 Å². The second kappa shape index (κ2) is 24.6. The summed E-state index contributed by atoms with van der Waals surface area (Å²) in [5, 5.41) is 0.387. The van der Waals surface area contributed by atoms with E-state index in [9.17, 15) is 23.5 Å². The Morgan fingerprint density at radius 3 is 1.68 bits per heavy atom. The Hall–Kier alpha value is -1.05. The summed E-state index contributed by atoms with van der Waals surface area (Å²) in [7, 11) is -13.7. The van der Waals surface area contributed by atoms with E-state index in [-0.39, 0.29) is 5.82 Å². The van der Waals surface area contributed by atoms with Crippen LogP contribution >= 0.6 is 34.8 Å². The van der Waals surface area contributed by atoms with E-state index in [1.165, 1.54) is 162 Å². The highest BCUT2D eigenvalue weighted by Gasteiger charge is 2.55. The fourth-order valence-electron chi connectivity index (χ4n) is 8.46. The van der Waals surface area contributed by atoms with E-state index < -0.39 is 66.5 Å². The van der Waals surface area contributed by atoms with E-state index in [0.717, 1.165) is 0 Å². The molecule has 0 aromatic carbocycles. The zero-order valence-corrected chi connectivity index (χ0v) is 41.7. The predicted molar refractivity (Wildman–Crippen MR) is 236 cm³/mol. The average molecular weight is 958 g/mol. The quantitative estimate of drug-likeness (QED) is 0.0319. The number of quaternary nitrogens is 2. The van der Waals surface area contributed by atoms with Gasteiger partial charge in [0, 0.05) is 7.11 Å². The van der Waals surface area contributed by atoms with Gasteiger partial charge in [-0.2, -0.15) is 0 Å². The smallest absolute Gasteiger partial charge is 0.484 e. The molecule has 7 atom stereocenters. The van der Waals surface area contributed by atoms with Crippen LogP contribution in [-0.4, -0.2) is 125 Å². The molecular weight excluding hydrogens is 883 g/mol. The summed E-state index contributed by atoms with van der Waals surface area (Å²) < 4.78 is 76.6. The van der Waals surface area contributed by atoms with Crippen LogP contribution in [0, 0.1) is 0 Å². The molecule has 3 fully saturated rings. The van der Waals surface area contributed by atoms with Crippen molar-refractivity contribution in [1.82, 2.24) is 19.5 Å². The zero-order chi connectivity index (χ0) is 45.6. The first kappa shape index (κ1) is 53.6. The first-order valence-corrected chi connectivity index (χ1v) is 28.6. The van der Waals surface area contributed by atoms with Crippen molar-refractivity contribution in [2.45, 2.75) is 155 Å². The lowest BCUT2D eigenvalue weighted by Crippen LogP contribution is -2.64. The number of nitrogen functional groups attached to an aromatic ring is 1. The molecule has 3 saturated heterocycles. The summed E-state index contributed by atoms with van der Waals surface area (Å²) >= 11 is 1.26. The van der Waals surface area contributed by atoms with Crippen molar-refractivity contribution in [3.8, 4) is 0 Å². The number of imidazole rings is 1. The molecule has 0 saturated carbocycles. The van der Waals surface area contributed by atoms with E-state index in [1.807, 2.05) is 0 Å². The number of unbranched alkanes of at least 4 members (excludes halogenated alkanes) is 6. The van der Waals surface area contributed by atoms with Gasteiger partial charge in [0.15, 0.2) is 38.0 Å². The van der Waals surface area contributed by atoms with E-state index in [2.05, 4.69) is 65.1 Å². The molecule has 5 heterocycles. The first-order chi connectivity index (χ1) is 29.5. The lowest BCUT2D eigenvalue weighted by molar-refractivity contribution is -1.10. The van der Waals surface area contributed by atoms with Gasteiger partial charge in [0.05, 0.1) is 58.1 Å². The van der Waals surface area contributed by atoms with Crippen molar-refractivity contribution in [3.05, 3.63) is 6.33 Å².